The molecule has 0 saturated carbocycles. The van der Waals surface area contributed by atoms with Crippen molar-refractivity contribution in [3.63, 3.8) is 0 Å². The third-order valence-electron chi connectivity index (χ3n) is 2.11. The van der Waals surface area contributed by atoms with Crippen molar-refractivity contribution in [3.8, 4) is 5.75 Å². The summed E-state index contributed by atoms with van der Waals surface area (Å²) in [5, 5.41) is 0. The van der Waals surface area contributed by atoms with Gasteiger partial charge in [0.2, 0.25) is 0 Å². The third-order valence-corrected chi connectivity index (χ3v) is 2.11. The Morgan fingerprint density at radius 2 is 2.23 bits per heavy atom. The number of hydrogen-bond acceptors (Lipinski definition) is 4. The Balaban J connectivity index is 2.12. The number of nitrogens with zero attached hydrogens (tertiary/aromatic N) is 1. The van der Waals surface area contributed by atoms with Crippen molar-refractivity contribution in [2.45, 2.75) is 0 Å². The largest absolute Gasteiger partial charge is 0.459 e. The van der Waals surface area contributed by atoms with Gasteiger partial charge in [-0.2, -0.15) is 0 Å². The molecular weight excluding hydrogens is 168 g/mol. The molecule has 0 spiro atoms. The Morgan fingerprint density at radius 3 is 3.23 bits per heavy atom. The van der Waals surface area contributed by atoms with Crippen LogP contribution in [0, 0.1) is 0 Å². The van der Waals surface area contributed by atoms with Gasteiger partial charge in [-0.05, 0) is 12.1 Å². The molecule has 2 aliphatic rings. The first-order chi connectivity index (χ1) is 6.45. The van der Waals surface area contributed by atoms with Gasteiger partial charge in [0, 0.05) is 0 Å². The number of fused-ring (bicyclic) bond motifs is 3. The average molecular weight is 176 g/mol. The summed E-state index contributed by atoms with van der Waals surface area (Å²) in [6.45, 7) is 0.520. The van der Waals surface area contributed by atoms with Gasteiger partial charge in [-0.25, -0.2) is 5.48 Å². The van der Waals surface area contributed by atoms with Crippen LogP contribution in [0.15, 0.2) is 36.3 Å². The van der Waals surface area contributed by atoms with Crippen molar-refractivity contribution < 1.29 is 9.57 Å². The molecule has 4 nitrogen and oxygen atoms in total. The highest BCUT2D eigenvalue weighted by molar-refractivity contribution is 5.63. The highest BCUT2D eigenvalue weighted by atomic mass is 16.7. The van der Waals surface area contributed by atoms with Crippen molar-refractivity contribution >= 4 is 5.69 Å². The second-order valence-electron chi connectivity index (χ2n) is 2.89. The van der Waals surface area contributed by atoms with E-state index in [1.807, 2.05) is 29.2 Å². The molecule has 0 amide bonds. The van der Waals surface area contributed by atoms with E-state index >= 15 is 0 Å². The summed E-state index contributed by atoms with van der Waals surface area (Å²) in [6, 6.07) is 7.85. The van der Waals surface area contributed by atoms with Gasteiger partial charge in [0.15, 0.2) is 12.6 Å². The minimum Gasteiger partial charge on any atom is -0.459 e. The summed E-state index contributed by atoms with van der Waals surface area (Å²) < 4.78 is 5.39. The Hall–Kier alpha value is -1.68. The second kappa shape index (κ2) is 2.40. The molecule has 3 rings (SSSR count). The lowest BCUT2D eigenvalue weighted by atomic mass is 10.2. The molecule has 1 fully saturated rings. The zero-order valence-corrected chi connectivity index (χ0v) is 6.86. The maximum absolute atomic E-state index is 5.39. The molecule has 0 unspecified atom stereocenters. The summed E-state index contributed by atoms with van der Waals surface area (Å²) in [5.41, 5.74) is 3.79. The summed E-state index contributed by atoms with van der Waals surface area (Å²) >= 11 is 0. The monoisotopic (exact) mass is 176 g/mol. The molecule has 0 radical (unpaired) electrons. The van der Waals surface area contributed by atoms with Gasteiger partial charge in [-0.3, -0.25) is 9.74 Å². The number of ether oxygens (including phenoxy) is 1. The van der Waals surface area contributed by atoms with E-state index in [2.05, 4.69) is 5.48 Å². The topological polar surface area (TPSA) is 33.7 Å². The van der Waals surface area contributed by atoms with Crippen LogP contribution in [-0.4, -0.2) is 6.73 Å². The summed E-state index contributed by atoms with van der Waals surface area (Å²) in [5.74, 6) is 1.71. The number of nitrogens with one attached hydrogen (secondary N) is 1. The standard InChI is InChI=1S/C9H8N2O2/c1-2-4-8-7(3-1)11-6-13-10-9(11)5-12-8/h1-5,10H,6H2. The maximum Gasteiger partial charge on any atom is 0.168 e. The van der Waals surface area contributed by atoms with E-state index in [9.17, 15) is 0 Å². The van der Waals surface area contributed by atoms with Crippen molar-refractivity contribution in [2.24, 2.45) is 0 Å². The predicted molar refractivity (Wildman–Crippen MR) is 46.7 cm³/mol. The quantitative estimate of drug-likeness (QED) is 0.643. The minimum atomic E-state index is 0.520. The fourth-order valence-electron chi connectivity index (χ4n) is 1.48. The van der Waals surface area contributed by atoms with Gasteiger partial charge in [-0.15, -0.1) is 0 Å². The van der Waals surface area contributed by atoms with Crippen LogP contribution >= 0.6 is 0 Å². The van der Waals surface area contributed by atoms with E-state index in [-0.39, 0.29) is 0 Å². The summed E-state index contributed by atoms with van der Waals surface area (Å²) in [4.78, 5) is 7.09. The number of benzene rings is 1. The molecule has 0 atom stereocenters. The first-order valence-electron chi connectivity index (χ1n) is 4.06. The number of hydrogen-bond donors (Lipinski definition) is 1. The fourth-order valence-corrected chi connectivity index (χ4v) is 1.48. The van der Waals surface area contributed by atoms with Gasteiger partial charge >= 0.3 is 0 Å². The average Bonchev–Trinajstić information content (AvgIpc) is 2.65. The van der Waals surface area contributed by atoms with E-state index < -0.39 is 0 Å². The zero-order chi connectivity index (χ0) is 8.67. The Labute approximate surface area is 75.3 Å². The highest BCUT2D eigenvalue weighted by Gasteiger charge is 2.25. The van der Waals surface area contributed by atoms with Gasteiger partial charge in [-0.1, -0.05) is 12.1 Å². The van der Waals surface area contributed by atoms with E-state index in [1.54, 1.807) is 6.26 Å². The van der Waals surface area contributed by atoms with Crippen LogP contribution in [0.25, 0.3) is 0 Å². The van der Waals surface area contributed by atoms with Crippen LogP contribution in [0.3, 0.4) is 0 Å². The Bertz CT molecular complexity index is 376. The molecule has 0 aromatic heterocycles. The number of rotatable bonds is 0. The first-order valence-corrected chi connectivity index (χ1v) is 4.06. The van der Waals surface area contributed by atoms with Crippen LogP contribution in [0.5, 0.6) is 5.75 Å². The third kappa shape index (κ3) is 0.891. The van der Waals surface area contributed by atoms with E-state index in [4.69, 9.17) is 9.57 Å². The Kier molecular flexibility index (Phi) is 1.26. The summed E-state index contributed by atoms with van der Waals surface area (Å²) in [6.07, 6.45) is 1.65. The van der Waals surface area contributed by atoms with Crippen molar-refractivity contribution in [2.75, 3.05) is 11.6 Å². The van der Waals surface area contributed by atoms with Crippen LogP contribution in [0.1, 0.15) is 0 Å². The molecule has 1 saturated heterocycles. The SMILES string of the molecule is C1=C2NOCN2c2ccccc2O1. The van der Waals surface area contributed by atoms with Crippen LogP contribution in [0.2, 0.25) is 0 Å². The van der Waals surface area contributed by atoms with Gasteiger partial charge in [0.25, 0.3) is 0 Å². The number of hydroxylamine groups is 1. The van der Waals surface area contributed by atoms with Crippen LogP contribution in [0.4, 0.5) is 5.69 Å². The van der Waals surface area contributed by atoms with Gasteiger partial charge in [0.1, 0.15) is 12.0 Å². The lowest BCUT2D eigenvalue weighted by molar-refractivity contribution is 0.112. The molecule has 1 N–H and O–H groups in total. The Morgan fingerprint density at radius 1 is 1.31 bits per heavy atom. The van der Waals surface area contributed by atoms with E-state index in [1.165, 1.54) is 0 Å². The van der Waals surface area contributed by atoms with Crippen LogP contribution in [-0.2, 0) is 4.84 Å². The first kappa shape index (κ1) is 6.80. The second-order valence-corrected chi connectivity index (χ2v) is 2.89. The fraction of sp³-hybridized carbons (Fsp3) is 0.111. The molecule has 66 valence electrons. The van der Waals surface area contributed by atoms with E-state index in [0.29, 0.717) is 6.73 Å². The number of anilines is 1. The molecular formula is C9H8N2O2. The van der Waals surface area contributed by atoms with Crippen molar-refractivity contribution in [1.82, 2.24) is 5.48 Å². The van der Waals surface area contributed by atoms with Crippen molar-refractivity contribution in [1.29, 1.82) is 0 Å². The van der Waals surface area contributed by atoms with Crippen molar-refractivity contribution in [3.05, 3.63) is 36.3 Å². The molecule has 4 heteroatoms. The molecule has 2 heterocycles. The van der Waals surface area contributed by atoms with Crippen LogP contribution < -0.4 is 15.1 Å². The van der Waals surface area contributed by atoms with E-state index in [0.717, 1.165) is 17.3 Å². The normalized spacial score (nSPS) is 18.2. The lowest BCUT2D eigenvalue weighted by Gasteiger charge is -2.22. The smallest absolute Gasteiger partial charge is 0.168 e. The minimum absolute atomic E-state index is 0.520. The molecule has 1 aromatic carbocycles. The molecule has 0 aliphatic carbocycles. The predicted octanol–water partition coefficient (Wildman–Crippen LogP) is 1.18. The summed E-state index contributed by atoms with van der Waals surface area (Å²) in [7, 11) is 0. The highest BCUT2D eigenvalue weighted by Crippen LogP contribution is 2.34. The maximum atomic E-state index is 5.39. The van der Waals surface area contributed by atoms with Gasteiger partial charge < -0.3 is 4.74 Å². The van der Waals surface area contributed by atoms with Gasteiger partial charge in [0.05, 0.1) is 5.69 Å². The number of para-hydroxylation sites is 2. The molecule has 2 aliphatic heterocycles. The lowest BCUT2D eigenvalue weighted by Crippen LogP contribution is -2.23. The molecule has 1 aromatic rings. The molecule has 13 heavy (non-hydrogen) atoms. The molecule has 0 bridgehead atoms. The zero-order valence-electron chi connectivity index (χ0n) is 6.86.